The number of aryl methyl sites for hydroxylation is 1. The van der Waals surface area contributed by atoms with E-state index in [0.717, 1.165) is 10.7 Å². The smallest absolute Gasteiger partial charge is 0.334 e. The van der Waals surface area contributed by atoms with Crippen LogP contribution < -0.4 is 5.43 Å². The van der Waals surface area contributed by atoms with Gasteiger partial charge in [0, 0.05) is 24.4 Å². The number of amides is 1. The number of aromatic nitrogens is 2. The molecular weight excluding hydrogens is 372 g/mol. The summed E-state index contributed by atoms with van der Waals surface area (Å²) in [4.78, 5) is 48.1. The third-order valence-electron chi connectivity index (χ3n) is 4.25. The Bertz CT molecular complexity index is 1020. The van der Waals surface area contributed by atoms with Gasteiger partial charge in [-0.2, -0.15) is 5.10 Å². The van der Waals surface area contributed by atoms with Crippen molar-refractivity contribution in [3.8, 4) is 5.69 Å². The third kappa shape index (κ3) is 3.60. The predicted octanol–water partition coefficient (Wildman–Crippen LogP) is 0.375. The molecule has 3 rings (SSSR count). The zero-order valence-corrected chi connectivity index (χ0v) is 14.8. The minimum absolute atomic E-state index is 0.00686. The molecule has 0 saturated carbocycles. The Morgan fingerprint density at radius 3 is 2.75 bits per heavy atom. The van der Waals surface area contributed by atoms with E-state index in [1.165, 1.54) is 30.0 Å². The molecule has 28 heavy (non-hydrogen) atoms. The van der Waals surface area contributed by atoms with Crippen molar-refractivity contribution < 1.29 is 24.4 Å². The molecule has 1 aromatic heterocycles. The van der Waals surface area contributed by atoms with Gasteiger partial charge in [0.1, 0.15) is 5.69 Å². The van der Waals surface area contributed by atoms with Gasteiger partial charge in [-0.25, -0.2) is 9.48 Å². The van der Waals surface area contributed by atoms with Crippen LogP contribution in [0.25, 0.3) is 5.69 Å². The summed E-state index contributed by atoms with van der Waals surface area (Å²) in [5.74, 6) is -1.97. The fourth-order valence-electron chi connectivity index (χ4n) is 2.87. The fraction of sp³-hybridized carbons (Fsp3) is 0.294. The lowest BCUT2D eigenvalue weighted by Crippen LogP contribution is -2.49. The van der Waals surface area contributed by atoms with Gasteiger partial charge < -0.3 is 14.7 Å². The topological polar surface area (TPSA) is 145 Å². The summed E-state index contributed by atoms with van der Waals surface area (Å²) >= 11 is 0. The Morgan fingerprint density at radius 1 is 1.36 bits per heavy atom. The van der Waals surface area contributed by atoms with Crippen LogP contribution in [0.1, 0.15) is 16.2 Å². The highest BCUT2D eigenvalue weighted by atomic mass is 16.6. The number of morpholine rings is 1. The van der Waals surface area contributed by atoms with E-state index in [1.807, 2.05) is 0 Å². The highest BCUT2D eigenvalue weighted by molar-refractivity contribution is 5.92. The number of carbonyl (C=O) groups is 2. The second-order valence-electron chi connectivity index (χ2n) is 6.11. The van der Waals surface area contributed by atoms with Crippen LogP contribution in [0, 0.1) is 17.0 Å². The summed E-state index contributed by atoms with van der Waals surface area (Å²) in [6.45, 7) is 1.42. The van der Waals surface area contributed by atoms with E-state index in [4.69, 9.17) is 9.84 Å². The average molecular weight is 388 g/mol. The molecule has 0 bridgehead atoms. The van der Waals surface area contributed by atoms with Crippen LogP contribution >= 0.6 is 0 Å². The van der Waals surface area contributed by atoms with E-state index in [0.29, 0.717) is 5.69 Å². The van der Waals surface area contributed by atoms with Crippen LogP contribution in [-0.2, 0) is 9.53 Å². The second kappa shape index (κ2) is 7.56. The van der Waals surface area contributed by atoms with Crippen molar-refractivity contribution in [2.45, 2.75) is 13.0 Å². The van der Waals surface area contributed by atoms with Crippen molar-refractivity contribution in [3.63, 3.8) is 0 Å². The number of aliphatic carboxylic acids is 1. The van der Waals surface area contributed by atoms with Gasteiger partial charge in [0.15, 0.2) is 11.8 Å². The SMILES string of the molecule is Cc1cc(=O)c(C(=O)N2CCOC(C(=O)O)C2)nn1-c1ccccc1[N+](=O)[O-]. The Balaban J connectivity index is 2.03. The molecule has 0 radical (unpaired) electrons. The van der Waals surface area contributed by atoms with Crippen LogP contribution in [0.4, 0.5) is 5.69 Å². The number of carboxylic acid groups (broad SMARTS) is 1. The first-order chi connectivity index (χ1) is 13.3. The van der Waals surface area contributed by atoms with Gasteiger partial charge in [-0.3, -0.25) is 19.7 Å². The Kier molecular flexibility index (Phi) is 5.18. The maximum absolute atomic E-state index is 12.8. The number of hydrogen-bond donors (Lipinski definition) is 1. The number of nitrogens with zero attached hydrogens (tertiary/aromatic N) is 4. The standard InChI is InChI=1S/C17H16N4O7/c1-10-8-13(22)15(16(23)19-6-7-28-14(9-19)17(24)25)18-20(10)11-4-2-3-5-12(11)21(26)27/h2-5,8,14H,6-7,9H2,1H3,(H,24,25). The first kappa shape index (κ1) is 19.2. The number of carbonyl (C=O) groups excluding carboxylic acids is 1. The van der Waals surface area contributed by atoms with Crippen molar-refractivity contribution >= 4 is 17.6 Å². The lowest BCUT2D eigenvalue weighted by molar-refractivity contribution is -0.384. The van der Waals surface area contributed by atoms with Crippen molar-refractivity contribution in [1.29, 1.82) is 0 Å². The Hall–Kier alpha value is -3.60. The van der Waals surface area contributed by atoms with Gasteiger partial charge in [0.05, 0.1) is 18.1 Å². The maximum atomic E-state index is 12.8. The number of benzene rings is 1. The molecule has 0 spiro atoms. The Morgan fingerprint density at radius 2 is 2.07 bits per heavy atom. The van der Waals surface area contributed by atoms with E-state index >= 15 is 0 Å². The second-order valence-corrected chi connectivity index (χ2v) is 6.11. The van der Waals surface area contributed by atoms with Gasteiger partial charge in [-0.15, -0.1) is 0 Å². The third-order valence-corrected chi connectivity index (χ3v) is 4.25. The number of rotatable bonds is 4. The summed E-state index contributed by atoms with van der Waals surface area (Å²) < 4.78 is 6.22. The minimum atomic E-state index is -1.22. The van der Waals surface area contributed by atoms with E-state index in [9.17, 15) is 24.5 Å². The number of hydrogen-bond acceptors (Lipinski definition) is 7. The van der Waals surface area contributed by atoms with E-state index in [2.05, 4.69) is 5.10 Å². The van der Waals surface area contributed by atoms with Gasteiger partial charge in [0.25, 0.3) is 11.6 Å². The van der Waals surface area contributed by atoms with Crippen LogP contribution in [0.15, 0.2) is 35.1 Å². The largest absolute Gasteiger partial charge is 0.479 e. The first-order valence-corrected chi connectivity index (χ1v) is 8.28. The predicted molar refractivity (Wildman–Crippen MR) is 94.5 cm³/mol. The molecule has 1 aliphatic rings. The molecule has 1 N–H and O–H groups in total. The number of para-hydroxylation sites is 2. The quantitative estimate of drug-likeness (QED) is 0.584. The lowest BCUT2D eigenvalue weighted by Gasteiger charge is -2.30. The molecule has 1 unspecified atom stereocenters. The highest BCUT2D eigenvalue weighted by Crippen LogP contribution is 2.22. The van der Waals surface area contributed by atoms with Crippen molar-refractivity contribution in [2.75, 3.05) is 19.7 Å². The molecular formula is C17H16N4O7. The molecule has 146 valence electrons. The molecule has 1 aromatic carbocycles. The molecule has 11 nitrogen and oxygen atoms in total. The number of ether oxygens (including phenoxy) is 1. The molecule has 1 saturated heterocycles. The number of nitro groups is 1. The average Bonchev–Trinajstić information content (AvgIpc) is 2.67. The zero-order chi connectivity index (χ0) is 20.4. The van der Waals surface area contributed by atoms with Crippen molar-refractivity contribution in [1.82, 2.24) is 14.7 Å². The van der Waals surface area contributed by atoms with Crippen LogP contribution in [0.2, 0.25) is 0 Å². The van der Waals surface area contributed by atoms with Crippen LogP contribution in [0.5, 0.6) is 0 Å². The molecule has 1 amide bonds. The molecule has 1 atom stereocenters. The minimum Gasteiger partial charge on any atom is -0.479 e. The van der Waals surface area contributed by atoms with Crippen LogP contribution in [-0.4, -0.2) is 62.4 Å². The summed E-state index contributed by atoms with van der Waals surface area (Å²) in [5.41, 5.74) is -0.936. The first-order valence-electron chi connectivity index (χ1n) is 8.28. The molecule has 1 fully saturated rings. The number of nitro benzene ring substituents is 1. The van der Waals surface area contributed by atoms with E-state index in [1.54, 1.807) is 6.07 Å². The van der Waals surface area contributed by atoms with E-state index in [-0.39, 0.29) is 31.1 Å². The highest BCUT2D eigenvalue weighted by Gasteiger charge is 2.31. The van der Waals surface area contributed by atoms with Gasteiger partial charge in [-0.05, 0) is 13.0 Å². The molecule has 0 aliphatic carbocycles. The summed E-state index contributed by atoms with van der Waals surface area (Å²) in [6.07, 6.45) is -1.19. The van der Waals surface area contributed by atoms with Gasteiger partial charge in [-0.1, -0.05) is 12.1 Å². The monoisotopic (exact) mass is 388 g/mol. The molecule has 11 heteroatoms. The van der Waals surface area contributed by atoms with E-state index < -0.39 is 34.0 Å². The molecule has 2 aromatic rings. The molecule has 1 aliphatic heterocycles. The van der Waals surface area contributed by atoms with Gasteiger partial charge >= 0.3 is 5.97 Å². The van der Waals surface area contributed by atoms with Crippen molar-refractivity contribution in [2.24, 2.45) is 0 Å². The van der Waals surface area contributed by atoms with Crippen LogP contribution in [0.3, 0.4) is 0 Å². The number of carboxylic acids is 1. The summed E-state index contributed by atoms with van der Waals surface area (Å²) in [5, 5.41) is 24.4. The maximum Gasteiger partial charge on any atom is 0.334 e. The Labute approximate surface area is 157 Å². The molecule has 2 heterocycles. The summed E-state index contributed by atoms with van der Waals surface area (Å²) in [7, 11) is 0. The zero-order valence-electron chi connectivity index (χ0n) is 14.8. The summed E-state index contributed by atoms with van der Waals surface area (Å²) in [6, 6.07) is 6.96. The fourth-order valence-corrected chi connectivity index (χ4v) is 2.87. The lowest BCUT2D eigenvalue weighted by atomic mass is 10.2. The van der Waals surface area contributed by atoms with Crippen molar-refractivity contribution in [3.05, 3.63) is 62.1 Å². The normalized spacial score (nSPS) is 16.6. The van der Waals surface area contributed by atoms with Gasteiger partial charge in [0.2, 0.25) is 5.43 Å².